The molecule has 0 radical (unpaired) electrons. The minimum absolute atomic E-state index is 0.172. The summed E-state index contributed by atoms with van der Waals surface area (Å²) in [5.74, 6) is 0.846. The lowest BCUT2D eigenvalue weighted by Gasteiger charge is -2.07. The standard InChI is InChI=1S/C11H16FNS/c1-9(2)13-7-8-14-11-5-3-10(12)4-6-11/h3-6,9,13H,7-8H2,1-2H3. The molecule has 0 fully saturated rings. The fourth-order valence-corrected chi connectivity index (χ4v) is 1.83. The summed E-state index contributed by atoms with van der Waals surface area (Å²) in [5.41, 5.74) is 0. The molecule has 14 heavy (non-hydrogen) atoms. The Kier molecular flexibility index (Phi) is 4.98. The van der Waals surface area contributed by atoms with Gasteiger partial charge in [0.1, 0.15) is 5.82 Å². The van der Waals surface area contributed by atoms with Gasteiger partial charge < -0.3 is 5.32 Å². The van der Waals surface area contributed by atoms with Gasteiger partial charge in [0, 0.05) is 23.2 Å². The SMILES string of the molecule is CC(C)NCCSc1ccc(F)cc1. The molecule has 0 amide bonds. The third-order valence-corrected chi connectivity index (χ3v) is 2.75. The zero-order valence-electron chi connectivity index (χ0n) is 8.59. The molecule has 1 nitrogen and oxygen atoms in total. The van der Waals surface area contributed by atoms with Gasteiger partial charge in [-0.2, -0.15) is 0 Å². The van der Waals surface area contributed by atoms with Crippen molar-refractivity contribution >= 4 is 11.8 Å². The molecule has 3 heteroatoms. The molecule has 0 aliphatic heterocycles. The van der Waals surface area contributed by atoms with E-state index in [4.69, 9.17) is 0 Å². The molecule has 0 aromatic heterocycles. The first kappa shape index (κ1) is 11.5. The van der Waals surface area contributed by atoms with E-state index >= 15 is 0 Å². The van der Waals surface area contributed by atoms with Gasteiger partial charge in [-0.05, 0) is 24.3 Å². The highest BCUT2D eigenvalue weighted by molar-refractivity contribution is 7.99. The van der Waals surface area contributed by atoms with Gasteiger partial charge in [-0.3, -0.25) is 0 Å². The quantitative estimate of drug-likeness (QED) is 0.596. The van der Waals surface area contributed by atoms with E-state index in [2.05, 4.69) is 19.2 Å². The highest BCUT2D eigenvalue weighted by atomic mass is 32.2. The molecule has 0 bridgehead atoms. The molecule has 0 aliphatic rings. The molecule has 0 aliphatic carbocycles. The van der Waals surface area contributed by atoms with Crippen LogP contribution in [-0.2, 0) is 0 Å². The summed E-state index contributed by atoms with van der Waals surface area (Å²) in [5, 5.41) is 3.33. The van der Waals surface area contributed by atoms with E-state index in [0.29, 0.717) is 6.04 Å². The summed E-state index contributed by atoms with van der Waals surface area (Å²) in [6.07, 6.45) is 0. The van der Waals surface area contributed by atoms with E-state index in [9.17, 15) is 4.39 Å². The topological polar surface area (TPSA) is 12.0 Å². The van der Waals surface area contributed by atoms with Gasteiger partial charge in [-0.15, -0.1) is 11.8 Å². The number of nitrogens with one attached hydrogen (secondary N) is 1. The van der Waals surface area contributed by atoms with Crippen molar-refractivity contribution in [2.45, 2.75) is 24.8 Å². The number of thioether (sulfide) groups is 1. The van der Waals surface area contributed by atoms with E-state index in [1.807, 2.05) is 12.1 Å². The van der Waals surface area contributed by atoms with Crippen LogP contribution in [0.2, 0.25) is 0 Å². The van der Waals surface area contributed by atoms with Crippen molar-refractivity contribution in [1.82, 2.24) is 5.32 Å². The van der Waals surface area contributed by atoms with E-state index in [1.165, 1.54) is 12.1 Å². The van der Waals surface area contributed by atoms with E-state index < -0.39 is 0 Å². The Balaban J connectivity index is 2.21. The Morgan fingerprint density at radius 3 is 2.50 bits per heavy atom. The maximum atomic E-state index is 12.6. The van der Waals surface area contributed by atoms with Crippen LogP contribution in [0, 0.1) is 5.82 Å². The Bertz CT molecular complexity index is 258. The predicted molar refractivity (Wildman–Crippen MR) is 60.3 cm³/mol. The molecule has 0 saturated heterocycles. The van der Waals surface area contributed by atoms with Crippen molar-refractivity contribution < 1.29 is 4.39 Å². The van der Waals surface area contributed by atoms with Crippen LogP contribution in [0.3, 0.4) is 0 Å². The van der Waals surface area contributed by atoms with E-state index in [-0.39, 0.29) is 5.82 Å². The first-order valence-corrected chi connectivity index (χ1v) is 5.79. The molecule has 0 unspecified atom stereocenters. The second-order valence-electron chi connectivity index (χ2n) is 3.41. The summed E-state index contributed by atoms with van der Waals surface area (Å²) in [6, 6.07) is 7.16. The molecule has 78 valence electrons. The zero-order valence-corrected chi connectivity index (χ0v) is 9.40. The molecule has 1 N–H and O–H groups in total. The van der Waals surface area contributed by atoms with Crippen LogP contribution >= 0.6 is 11.8 Å². The molecule has 1 aromatic rings. The Morgan fingerprint density at radius 2 is 1.93 bits per heavy atom. The van der Waals surface area contributed by atoms with Crippen molar-refractivity contribution in [2.24, 2.45) is 0 Å². The number of hydrogen-bond acceptors (Lipinski definition) is 2. The van der Waals surface area contributed by atoms with Gasteiger partial charge in [0.25, 0.3) is 0 Å². The minimum atomic E-state index is -0.172. The number of rotatable bonds is 5. The van der Waals surface area contributed by atoms with Crippen LogP contribution in [0.5, 0.6) is 0 Å². The molecule has 1 aromatic carbocycles. The largest absolute Gasteiger partial charge is 0.314 e. The zero-order chi connectivity index (χ0) is 10.4. The van der Waals surface area contributed by atoms with Gasteiger partial charge in [0.15, 0.2) is 0 Å². The summed E-state index contributed by atoms with van der Waals surface area (Å²) in [7, 11) is 0. The lowest BCUT2D eigenvalue weighted by atomic mass is 10.4. The lowest BCUT2D eigenvalue weighted by Crippen LogP contribution is -2.24. The van der Waals surface area contributed by atoms with Crippen molar-refractivity contribution in [1.29, 1.82) is 0 Å². The molecule has 0 spiro atoms. The van der Waals surface area contributed by atoms with Crippen molar-refractivity contribution in [3.05, 3.63) is 30.1 Å². The van der Waals surface area contributed by atoms with Gasteiger partial charge in [-0.1, -0.05) is 13.8 Å². The highest BCUT2D eigenvalue weighted by Gasteiger charge is 1.95. The van der Waals surface area contributed by atoms with Gasteiger partial charge >= 0.3 is 0 Å². The van der Waals surface area contributed by atoms with Gasteiger partial charge in [0.05, 0.1) is 0 Å². The molecular weight excluding hydrogens is 197 g/mol. The van der Waals surface area contributed by atoms with Crippen molar-refractivity contribution in [3.63, 3.8) is 0 Å². The third kappa shape index (κ3) is 4.63. The normalized spacial score (nSPS) is 10.9. The summed E-state index contributed by atoms with van der Waals surface area (Å²) in [4.78, 5) is 1.12. The van der Waals surface area contributed by atoms with Crippen LogP contribution in [0.1, 0.15) is 13.8 Å². The fourth-order valence-electron chi connectivity index (χ4n) is 1.05. The number of hydrogen-bond donors (Lipinski definition) is 1. The smallest absolute Gasteiger partial charge is 0.123 e. The predicted octanol–water partition coefficient (Wildman–Crippen LogP) is 2.92. The van der Waals surface area contributed by atoms with Crippen LogP contribution in [0.25, 0.3) is 0 Å². The minimum Gasteiger partial charge on any atom is -0.314 e. The molecular formula is C11H16FNS. The molecule has 0 heterocycles. The van der Waals surface area contributed by atoms with Crippen LogP contribution in [-0.4, -0.2) is 18.3 Å². The molecule has 1 rings (SSSR count). The van der Waals surface area contributed by atoms with Crippen LogP contribution in [0.15, 0.2) is 29.2 Å². The van der Waals surface area contributed by atoms with Crippen molar-refractivity contribution in [2.75, 3.05) is 12.3 Å². The lowest BCUT2D eigenvalue weighted by molar-refractivity contribution is 0.616. The second-order valence-corrected chi connectivity index (χ2v) is 4.58. The maximum absolute atomic E-state index is 12.6. The average molecular weight is 213 g/mol. The van der Waals surface area contributed by atoms with E-state index in [0.717, 1.165) is 17.2 Å². The Hall–Kier alpha value is -0.540. The first-order chi connectivity index (χ1) is 6.68. The third-order valence-electron chi connectivity index (χ3n) is 1.74. The average Bonchev–Trinajstić information content (AvgIpc) is 2.15. The Labute approximate surface area is 89.1 Å². The van der Waals surface area contributed by atoms with Crippen LogP contribution < -0.4 is 5.32 Å². The number of benzene rings is 1. The maximum Gasteiger partial charge on any atom is 0.123 e. The summed E-state index contributed by atoms with van der Waals surface area (Å²) in [6.45, 7) is 5.24. The molecule has 0 saturated carbocycles. The summed E-state index contributed by atoms with van der Waals surface area (Å²) < 4.78 is 12.6. The summed E-state index contributed by atoms with van der Waals surface area (Å²) >= 11 is 1.74. The Morgan fingerprint density at radius 1 is 1.29 bits per heavy atom. The van der Waals surface area contributed by atoms with Crippen LogP contribution in [0.4, 0.5) is 4.39 Å². The molecule has 0 atom stereocenters. The van der Waals surface area contributed by atoms with Gasteiger partial charge in [0.2, 0.25) is 0 Å². The second kappa shape index (κ2) is 6.04. The fraction of sp³-hybridized carbons (Fsp3) is 0.455. The first-order valence-electron chi connectivity index (χ1n) is 4.80. The van der Waals surface area contributed by atoms with E-state index in [1.54, 1.807) is 11.8 Å². The highest BCUT2D eigenvalue weighted by Crippen LogP contribution is 2.17. The van der Waals surface area contributed by atoms with Gasteiger partial charge in [-0.25, -0.2) is 4.39 Å². The monoisotopic (exact) mass is 213 g/mol. The number of halogens is 1. The van der Waals surface area contributed by atoms with Crippen molar-refractivity contribution in [3.8, 4) is 0 Å².